The third kappa shape index (κ3) is 2.15. The van der Waals surface area contributed by atoms with E-state index >= 15 is 0 Å². The molecule has 1 heteroatoms. The molecule has 1 aromatic carbocycles. The van der Waals surface area contributed by atoms with Crippen LogP contribution in [0.25, 0.3) is 0 Å². The summed E-state index contributed by atoms with van der Waals surface area (Å²) in [6.07, 6.45) is 6.89. The number of hydrogen-bond acceptors (Lipinski definition) is 1. The molecule has 0 saturated heterocycles. The lowest BCUT2D eigenvalue weighted by Crippen LogP contribution is -2.20. The molecule has 3 rings (SSSR count). The van der Waals surface area contributed by atoms with Gasteiger partial charge in [-0.3, -0.25) is 0 Å². The van der Waals surface area contributed by atoms with Crippen LogP contribution in [0.5, 0.6) is 0 Å². The highest BCUT2D eigenvalue weighted by atomic mass is 14.9. The molecule has 1 unspecified atom stereocenters. The second kappa shape index (κ2) is 4.21. The zero-order valence-corrected chi connectivity index (χ0v) is 10.1. The topological polar surface area (TPSA) is 12.0 Å². The van der Waals surface area contributed by atoms with Crippen molar-refractivity contribution in [3.8, 4) is 0 Å². The molecule has 1 atom stereocenters. The van der Waals surface area contributed by atoms with Crippen LogP contribution in [0.1, 0.15) is 48.4 Å². The van der Waals surface area contributed by atoms with Gasteiger partial charge in [0.05, 0.1) is 0 Å². The third-order valence-electron chi connectivity index (χ3n) is 4.02. The minimum absolute atomic E-state index is 0.634. The second-order valence-corrected chi connectivity index (χ2v) is 5.48. The van der Waals surface area contributed by atoms with Crippen molar-refractivity contribution >= 4 is 0 Å². The van der Waals surface area contributed by atoms with Gasteiger partial charge in [-0.1, -0.05) is 36.6 Å². The maximum absolute atomic E-state index is 3.73. The van der Waals surface area contributed by atoms with Gasteiger partial charge in [0.1, 0.15) is 0 Å². The first-order chi connectivity index (χ1) is 7.83. The van der Waals surface area contributed by atoms with Crippen molar-refractivity contribution in [1.29, 1.82) is 0 Å². The van der Waals surface area contributed by atoms with Crippen LogP contribution in [0.2, 0.25) is 0 Å². The third-order valence-corrected chi connectivity index (χ3v) is 4.02. The van der Waals surface area contributed by atoms with Crippen LogP contribution < -0.4 is 5.32 Å². The van der Waals surface area contributed by atoms with Crippen molar-refractivity contribution < 1.29 is 0 Å². The van der Waals surface area contributed by atoms with Gasteiger partial charge in [-0.25, -0.2) is 0 Å². The van der Waals surface area contributed by atoms with Gasteiger partial charge in [0.15, 0.2) is 0 Å². The highest BCUT2D eigenvalue weighted by molar-refractivity contribution is 5.37. The summed E-state index contributed by atoms with van der Waals surface area (Å²) in [6, 6.07) is 7.57. The summed E-state index contributed by atoms with van der Waals surface area (Å²) in [6.45, 7) is 3.40. The van der Waals surface area contributed by atoms with E-state index in [2.05, 4.69) is 30.4 Å². The Hall–Kier alpha value is -0.820. The Kier molecular flexibility index (Phi) is 2.72. The Bertz CT molecular complexity index is 379. The summed E-state index contributed by atoms with van der Waals surface area (Å²) < 4.78 is 0. The normalized spacial score (nSPS) is 23.4. The fourth-order valence-corrected chi connectivity index (χ4v) is 2.83. The fraction of sp³-hybridized carbons (Fsp3) is 0.600. The van der Waals surface area contributed by atoms with Crippen LogP contribution in [-0.4, -0.2) is 6.54 Å². The fourth-order valence-electron chi connectivity index (χ4n) is 2.83. The van der Waals surface area contributed by atoms with Gasteiger partial charge in [-0.2, -0.15) is 0 Å². The van der Waals surface area contributed by atoms with E-state index in [4.69, 9.17) is 0 Å². The van der Waals surface area contributed by atoms with Gasteiger partial charge in [0, 0.05) is 6.04 Å². The zero-order valence-electron chi connectivity index (χ0n) is 10.1. The van der Waals surface area contributed by atoms with E-state index in [1.54, 1.807) is 11.1 Å². The van der Waals surface area contributed by atoms with Gasteiger partial charge in [-0.15, -0.1) is 0 Å². The number of hydrogen-bond donors (Lipinski definition) is 1. The molecule has 0 radical (unpaired) electrons. The van der Waals surface area contributed by atoms with Crippen LogP contribution >= 0.6 is 0 Å². The Morgan fingerprint density at radius 3 is 2.94 bits per heavy atom. The Labute approximate surface area is 98.3 Å². The molecule has 1 nitrogen and oxygen atoms in total. The summed E-state index contributed by atoms with van der Waals surface area (Å²) >= 11 is 0. The lowest BCUT2D eigenvalue weighted by molar-refractivity contribution is 0.507. The first-order valence-electron chi connectivity index (χ1n) is 6.66. The molecule has 2 aliphatic rings. The first-order valence-corrected chi connectivity index (χ1v) is 6.66. The molecular weight excluding hydrogens is 194 g/mol. The van der Waals surface area contributed by atoms with Crippen LogP contribution in [0.15, 0.2) is 18.2 Å². The highest BCUT2D eigenvalue weighted by Crippen LogP contribution is 2.34. The molecule has 0 bridgehead atoms. The standard InChI is InChI=1S/C15H21N/c1-11-2-6-14-13(10-11)5-7-15(14)16-9-8-12-3-4-12/h2,6,10,12,15-16H,3-5,7-9H2,1H3. The SMILES string of the molecule is Cc1ccc2c(c1)CCC2NCCC1CC1. The van der Waals surface area contributed by atoms with Gasteiger partial charge >= 0.3 is 0 Å². The molecule has 1 N–H and O–H groups in total. The maximum atomic E-state index is 3.73. The average Bonchev–Trinajstić information content (AvgIpc) is 3.00. The van der Waals surface area contributed by atoms with Crippen molar-refractivity contribution in [1.82, 2.24) is 5.32 Å². The van der Waals surface area contributed by atoms with E-state index in [9.17, 15) is 0 Å². The lowest BCUT2D eigenvalue weighted by Gasteiger charge is -2.14. The van der Waals surface area contributed by atoms with Crippen molar-refractivity contribution in [2.24, 2.45) is 5.92 Å². The van der Waals surface area contributed by atoms with E-state index < -0.39 is 0 Å². The van der Waals surface area contributed by atoms with Gasteiger partial charge < -0.3 is 5.32 Å². The molecule has 1 fully saturated rings. The monoisotopic (exact) mass is 215 g/mol. The van der Waals surface area contributed by atoms with Crippen molar-refractivity contribution in [3.05, 3.63) is 34.9 Å². The summed E-state index contributed by atoms with van der Waals surface area (Å²) in [5, 5.41) is 3.73. The van der Waals surface area contributed by atoms with Crippen LogP contribution in [-0.2, 0) is 6.42 Å². The van der Waals surface area contributed by atoms with E-state index in [-0.39, 0.29) is 0 Å². The van der Waals surface area contributed by atoms with Crippen molar-refractivity contribution in [3.63, 3.8) is 0 Å². The largest absolute Gasteiger partial charge is 0.310 e. The Morgan fingerprint density at radius 1 is 1.25 bits per heavy atom. The molecular formula is C15H21N. The molecule has 86 valence electrons. The number of benzene rings is 1. The summed E-state index contributed by atoms with van der Waals surface area (Å²) in [4.78, 5) is 0. The van der Waals surface area contributed by atoms with Crippen LogP contribution in [0, 0.1) is 12.8 Å². The van der Waals surface area contributed by atoms with E-state index in [0.717, 1.165) is 5.92 Å². The predicted octanol–water partition coefficient (Wildman–Crippen LogP) is 3.37. The van der Waals surface area contributed by atoms with E-state index in [1.165, 1.54) is 44.2 Å². The van der Waals surface area contributed by atoms with Crippen LogP contribution in [0.4, 0.5) is 0 Å². The second-order valence-electron chi connectivity index (χ2n) is 5.48. The lowest BCUT2D eigenvalue weighted by atomic mass is 10.1. The number of fused-ring (bicyclic) bond motifs is 1. The number of nitrogens with one attached hydrogen (secondary N) is 1. The molecule has 0 heterocycles. The number of rotatable bonds is 4. The van der Waals surface area contributed by atoms with E-state index in [1.807, 2.05) is 0 Å². The van der Waals surface area contributed by atoms with Gasteiger partial charge in [0.2, 0.25) is 0 Å². The number of aryl methyl sites for hydroxylation is 2. The molecule has 16 heavy (non-hydrogen) atoms. The Balaban J connectivity index is 1.61. The molecule has 1 aromatic rings. The molecule has 0 aromatic heterocycles. The molecule has 0 amide bonds. The quantitative estimate of drug-likeness (QED) is 0.812. The summed E-state index contributed by atoms with van der Waals surface area (Å²) in [7, 11) is 0. The van der Waals surface area contributed by atoms with Gasteiger partial charge in [-0.05, 0) is 49.8 Å². The zero-order chi connectivity index (χ0) is 11.0. The molecule has 1 saturated carbocycles. The summed E-state index contributed by atoms with van der Waals surface area (Å²) in [5.74, 6) is 1.05. The van der Waals surface area contributed by atoms with E-state index in [0.29, 0.717) is 6.04 Å². The first kappa shape index (κ1) is 10.3. The van der Waals surface area contributed by atoms with Crippen LogP contribution in [0.3, 0.4) is 0 Å². The van der Waals surface area contributed by atoms with Crippen molar-refractivity contribution in [2.75, 3.05) is 6.54 Å². The maximum Gasteiger partial charge on any atom is 0.0326 e. The molecule has 0 aliphatic heterocycles. The van der Waals surface area contributed by atoms with Gasteiger partial charge in [0.25, 0.3) is 0 Å². The summed E-state index contributed by atoms with van der Waals surface area (Å²) in [5.41, 5.74) is 4.53. The average molecular weight is 215 g/mol. The Morgan fingerprint density at radius 2 is 2.12 bits per heavy atom. The minimum Gasteiger partial charge on any atom is -0.310 e. The smallest absolute Gasteiger partial charge is 0.0326 e. The molecule has 2 aliphatic carbocycles. The predicted molar refractivity (Wildman–Crippen MR) is 67.6 cm³/mol. The minimum atomic E-state index is 0.634. The highest BCUT2D eigenvalue weighted by Gasteiger charge is 2.24. The molecule has 0 spiro atoms. The van der Waals surface area contributed by atoms with Crippen molar-refractivity contribution in [2.45, 2.75) is 45.1 Å².